The van der Waals surface area contributed by atoms with E-state index in [1.54, 1.807) is 7.11 Å². The van der Waals surface area contributed by atoms with E-state index in [0.717, 1.165) is 29.4 Å². The zero-order valence-electron chi connectivity index (χ0n) is 12.2. The maximum atomic E-state index is 6.05. The van der Waals surface area contributed by atoms with Crippen molar-refractivity contribution in [1.29, 1.82) is 0 Å². The van der Waals surface area contributed by atoms with E-state index in [9.17, 15) is 0 Å². The van der Waals surface area contributed by atoms with E-state index in [4.69, 9.17) is 16.3 Å². The van der Waals surface area contributed by atoms with Gasteiger partial charge in [-0.05, 0) is 29.8 Å². The summed E-state index contributed by atoms with van der Waals surface area (Å²) in [5.41, 5.74) is 2.36. The summed E-state index contributed by atoms with van der Waals surface area (Å²) < 4.78 is 7.52. The first-order valence-corrected chi connectivity index (χ1v) is 7.16. The van der Waals surface area contributed by atoms with Crippen LogP contribution in [0, 0.1) is 0 Å². The van der Waals surface area contributed by atoms with Gasteiger partial charge < -0.3 is 14.6 Å². The predicted molar refractivity (Wildman–Crippen MR) is 83.5 cm³/mol. The molecular formula is C16H21ClN2O. The van der Waals surface area contributed by atoms with E-state index in [1.807, 2.05) is 18.2 Å². The summed E-state index contributed by atoms with van der Waals surface area (Å²) >= 11 is 6.05. The lowest BCUT2D eigenvalue weighted by Crippen LogP contribution is -2.21. The Kier molecular flexibility index (Phi) is 5.10. The summed E-state index contributed by atoms with van der Waals surface area (Å²) in [5, 5.41) is 4.14. The molecule has 108 valence electrons. The number of hydrogen-bond donors (Lipinski definition) is 1. The van der Waals surface area contributed by atoms with Crippen LogP contribution in [-0.2, 0) is 13.1 Å². The zero-order valence-corrected chi connectivity index (χ0v) is 12.9. The molecule has 0 atom stereocenters. The molecular weight excluding hydrogens is 272 g/mol. The Morgan fingerprint density at radius 1 is 1.30 bits per heavy atom. The van der Waals surface area contributed by atoms with Gasteiger partial charge in [-0.3, -0.25) is 0 Å². The Hall–Kier alpha value is -1.45. The van der Waals surface area contributed by atoms with Crippen molar-refractivity contribution in [2.45, 2.75) is 33.0 Å². The topological polar surface area (TPSA) is 26.2 Å². The number of ether oxygens (including phenoxy) is 1. The molecule has 0 aliphatic heterocycles. The number of halogens is 1. The van der Waals surface area contributed by atoms with Crippen LogP contribution in [0.5, 0.6) is 5.75 Å². The summed E-state index contributed by atoms with van der Waals surface area (Å²) in [5.74, 6) is 0.866. The molecule has 1 aromatic carbocycles. The smallest absolute Gasteiger partial charge is 0.123 e. The maximum Gasteiger partial charge on any atom is 0.123 e. The summed E-state index contributed by atoms with van der Waals surface area (Å²) in [7, 11) is 1.68. The van der Waals surface area contributed by atoms with Gasteiger partial charge in [-0.25, -0.2) is 0 Å². The Bertz CT molecular complexity index is 563. The van der Waals surface area contributed by atoms with Crippen molar-refractivity contribution in [3.8, 4) is 5.75 Å². The lowest BCUT2D eigenvalue weighted by Gasteiger charge is -2.10. The highest BCUT2D eigenvalue weighted by Gasteiger charge is 2.05. The minimum Gasteiger partial charge on any atom is -0.496 e. The van der Waals surface area contributed by atoms with Gasteiger partial charge >= 0.3 is 0 Å². The molecule has 0 radical (unpaired) electrons. The predicted octanol–water partition coefficient (Wildman–Crippen LogP) is 3.70. The van der Waals surface area contributed by atoms with Crippen LogP contribution in [0.4, 0.5) is 0 Å². The lowest BCUT2D eigenvalue weighted by atomic mass is 10.2. The Labute approximate surface area is 125 Å². The Balaban J connectivity index is 2.08. The fourth-order valence-corrected chi connectivity index (χ4v) is 2.28. The third kappa shape index (κ3) is 4.02. The van der Waals surface area contributed by atoms with Crippen molar-refractivity contribution in [1.82, 2.24) is 9.88 Å². The van der Waals surface area contributed by atoms with Gasteiger partial charge in [-0.2, -0.15) is 0 Å². The van der Waals surface area contributed by atoms with Crippen LogP contribution in [0.25, 0.3) is 0 Å². The molecule has 3 nitrogen and oxygen atoms in total. The molecule has 0 aliphatic rings. The molecule has 1 N–H and O–H groups in total. The van der Waals surface area contributed by atoms with Crippen molar-refractivity contribution in [3.63, 3.8) is 0 Å². The van der Waals surface area contributed by atoms with E-state index in [0.29, 0.717) is 6.04 Å². The van der Waals surface area contributed by atoms with E-state index < -0.39 is 0 Å². The van der Waals surface area contributed by atoms with Gasteiger partial charge in [0.1, 0.15) is 5.75 Å². The van der Waals surface area contributed by atoms with E-state index >= 15 is 0 Å². The summed E-state index contributed by atoms with van der Waals surface area (Å²) in [6.07, 6.45) is 4.23. The number of rotatable bonds is 6. The first-order chi connectivity index (χ1) is 9.58. The van der Waals surface area contributed by atoms with Gasteiger partial charge in [0.2, 0.25) is 0 Å². The van der Waals surface area contributed by atoms with Gasteiger partial charge in [-0.15, -0.1) is 0 Å². The largest absolute Gasteiger partial charge is 0.496 e. The summed E-state index contributed by atoms with van der Waals surface area (Å²) in [6, 6.07) is 8.32. The molecule has 1 aromatic heterocycles. The van der Waals surface area contributed by atoms with Gasteiger partial charge in [0.25, 0.3) is 0 Å². The highest BCUT2D eigenvalue weighted by Crippen LogP contribution is 2.23. The fraction of sp³-hybridized carbons (Fsp3) is 0.375. The lowest BCUT2D eigenvalue weighted by molar-refractivity contribution is 0.408. The van der Waals surface area contributed by atoms with E-state index in [1.165, 1.54) is 5.56 Å². The highest BCUT2D eigenvalue weighted by molar-refractivity contribution is 6.30. The van der Waals surface area contributed by atoms with Crippen molar-refractivity contribution in [2.75, 3.05) is 7.11 Å². The number of nitrogens with one attached hydrogen (secondary N) is 1. The van der Waals surface area contributed by atoms with Crippen LogP contribution in [-0.4, -0.2) is 17.7 Å². The Morgan fingerprint density at radius 2 is 2.10 bits per heavy atom. The molecule has 0 spiro atoms. The molecule has 20 heavy (non-hydrogen) atoms. The highest BCUT2D eigenvalue weighted by atomic mass is 35.5. The van der Waals surface area contributed by atoms with Crippen LogP contribution in [0.2, 0.25) is 5.02 Å². The van der Waals surface area contributed by atoms with E-state index in [2.05, 4.69) is 42.2 Å². The molecule has 0 amide bonds. The molecule has 0 saturated carbocycles. The zero-order chi connectivity index (χ0) is 14.5. The monoisotopic (exact) mass is 292 g/mol. The minimum absolute atomic E-state index is 0.492. The fourth-order valence-electron chi connectivity index (χ4n) is 2.08. The average molecular weight is 293 g/mol. The van der Waals surface area contributed by atoms with E-state index in [-0.39, 0.29) is 0 Å². The molecule has 1 heterocycles. The maximum absolute atomic E-state index is 6.05. The summed E-state index contributed by atoms with van der Waals surface area (Å²) in [6.45, 7) is 5.93. The van der Waals surface area contributed by atoms with Crippen LogP contribution < -0.4 is 10.1 Å². The van der Waals surface area contributed by atoms with Crippen LogP contribution in [0.1, 0.15) is 25.0 Å². The first-order valence-electron chi connectivity index (χ1n) is 6.79. The molecule has 0 fully saturated rings. The van der Waals surface area contributed by atoms with Gasteiger partial charge in [-0.1, -0.05) is 25.4 Å². The van der Waals surface area contributed by atoms with Crippen LogP contribution >= 0.6 is 11.6 Å². The molecule has 0 saturated heterocycles. The first kappa shape index (κ1) is 14.9. The molecule has 0 bridgehead atoms. The molecule has 2 aromatic rings. The molecule has 0 aliphatic carbocycles. The molecule has 4 heteroatoms. The van der Waals surface area contributed by atoms with Gasteiger partial charge in [0.05, 0.1) is 13.7 Å². The number of methoxy groups -OCH3 is 1. The van der Waals surface area contributed by atoms with Crippen molar-refractivity contribution >= 4 is 11.6 Å². The minimum atomic E-state index is 0.492. The number of nitrogens with zero attached hydrogens (tertiary/aromatic N) is 1. The van der Waals surface area contributed by atoms with Crippen LogP contribution in [0.3, 0.4) is 0 Å². The van der Waals surface area contributed by atoms with Crippen molar-refractivity contribution in [3.05, 3.63) is 52.8 Å². The SMILES string of the molecule is COc1ccc(Cl)cc1Cn1ccc(CNC(C)C)c1. The van der Waals surface area contributed by atoms with Crippen LogP contribution in [0.15, 0.2) is 36.7 Å². The normalized spacial score (nSPS) is 11.1. The number of benzene rings is 1. The second kappa shape index (κ2) is 6.82. The van der Waals surface area contributed by atoms with Gasteiger partial charge in [0.15, 0.2) is 0 Å². The number of aromatic nitrogens is 1. The Morgan fingerprint density at radius 3 is 2.80 bits per heavy atom. The summed E-state index contributed by atoms with van der Waals surface area (Å²) in [4.78, 5) is 0. The second-order valence-corrected chi connectivity index (χ2v) is 5.62. The number of hydrogen-bond acceptors (Lipinski definition) is 2. The standard InChI is InChI=1S/C16H21ClN2O/c1-12(2)18-9-13-6-7-19(10-13)11-14-8-15(17)4-5-16(14)20-3/h4-8,10,12,18H,9,11H2,1-3H3. The van der Waals surface area contributed by atoms with Gasteiger partial charge in [0, 0.05) is 35.6 Å². The third-order valence-electron chi connectivity index (χ3n) is 3.12. The van der Waals surface area contributed by atoms with Crippen molar-refractivity contribution in [2.24, 2.45) is 0 Å². The average Bonchev–Trinajstić information content (AvgIpc) is 2.84. The van der Waals surface area contributed by atoms with Crippen molar-refractivity contribution < 1.29 is 4.74 Å². The molecule has 2 rings (SSSR count). The quantitative estimate of drug-likeness (QED) is 0.879. The third-order valence-corrected chi connectivity index (χ3v) is 3.36. The second-order valence-electron chi connectivity index (χ2n) is 5.18. The molecule has 0 unspecified atom stereocenters.